The second kappa shape index (κ2) is 9.82. The van der Waals surface area contributed by atoms with Crippen LogP contribution in [0.25, 0.3) is 0 Å². The van der Waals surface area contributed by atoms with Crippen LogP contribution in [0.3, 0.4) is 0 Å². The Hall–Kier alpha value is -3.54. The molecule has 2 N–H and O–H groups in total. The summed E-state index contributed by atoms with van der Waals surface area (Å²) in [5.74, 6) is 0.184. The number of amides is 2. The topological polar surface area (TPSA) is 76.7 Å². The van der Waals surface area contributed by atoms with Gasteiger partial charge in [0.15, 0.2) is 11.5 Å². The van der Waals surface area contributed by atoms with E-state index in [4.69, 9.17) is 9.47 Å². The van der Waals surface area contributed by atoms with Crippen LogP contribution in [0.15, 0.2) is 73.8 Å². The lowest BCUT2D eigenvalue weighted by Crippen LogP contribution is -2.39. The van der Waals surface area contributed by atoms with Gasteiger partial charge in [-0.1, -0.05) is 49.6 Å². The molecule has 0 saturated carbocycles. The summed E-state index contributed by atoms with van der Waals surface area (Å²) in [6.45, 7) is 7.23. The Morgan fingerprint density at radius 2 is 1.63 bits per heavy atom. The van der Waals surface area contributed by atoms with Crippen LogP contribution in [0.5, 0.6) is 11.5 Å². The average Bonchev–Trinajstić information content (AvgIpc) is 2.72. The SMILES string of the molecule is C=CC(=O)NC(NC(=O)C=C)c1ccc(OCc2ccccc2)c(OC)c1. The highest BCUT2D eigenvalue weighted by Crippen LogP contribution is 2.30. The summed E-state index contributed by atoms with van der Waals surface area (Å²) in [7, 11) is 1.52. The Kier molecular flexibility index (Phi) is 7.19. The standard InChI is InChI=1S/C21H22N2O4/c1-4-19(24)22-21(23-20(25)5-2)16-11-12-17(18(13-16)26-3)27-14-15-9-7-6-8-10-15/h4-13,21H,1-2,14H2,3H3,(H,22,24)(H,23,25). The summed E-state index contributed by atoms with van der Waals surface area (Å²) in [5.41, 5.74) is 1.64. The van der Waals surface area contributed by atoms with Gasteiger partial charge in [-0.3, -0.25) is 9.59 Å². The summed E-state index contributed by atoms with van der Waals surface area (Å²) in [6.07, 6.45) is 1.49. The highest BCUT2D eigenvalue weighted by molar-refractivity contribution is 5.89. The van der Waals surface area contributed by atoms with E-state index >= 15 is 0 Å². The number of hydrogen-bond acceptors (Lipinski definition) is 4. The molecule has 0 unspecified atom stereocenters. The lowest BCUT2D eigenvalue weighted by Gasteiger charge is -2.21. The third-order valence-corrected chi connectivity index (χ3v) is 3.70. The monoisotopic (exact) mass is 366 g/mol. The maximum Gasteiger partial charge on any atom is 0.245 e. The molecular weight excluding hydrogens is 344 g/mol. The molecule has 0 spiro atoms. The zero-order valence-corrected chi connectivity index (χ0v) is 15.1. The van der Waals surface area contributed by atoms with Crippen molar-refractivity contribution in [3.8, 4) is 11.5 Å². The molecule has 0 saturated heterocycles. The first-order valence-corrected chi connectivity index (χ1v) is 8.28. The molecule has 0 aromatic heterocycles. The first-order valence-electron chi connectivity index (χ1n) is 8.28. The molecule has 0 aliphatic carbocycles. The first-order chi connectivity index (χ1) is 13.1. The van der Waals surface area contributed by atoms with E-state index in [1.165, 1.54) is 7.11 Å². The number of benzene rings is 2. The molecule has 0 radical (unpaired) electrons. The average molecular weight is 366 g/mol. The van der Waals surface area contributed by atoms with Crippen LogP contribution in [-0.2, 0) is 16.2 Å². The van der Waals surface area contributed by atoms with Crippen LogP contribution in [-0.4, -0.2) is 18.9 Å². The van der Waals surface area contributed by atoms with E-state index in [-0.39, 0.29) is 0 Å². The van der Waals surface area contributed by atoms with Gasteiger partial charge in [-0.05, 0) is 35.4 Å². The highest BCUT2D eigenvalue weighted by Gasteiger charge is 2.17. The van der Waals surface area contributed by atoms with Gasteiger partial charge in [0.1, 0.15) is 12.8 Å². The third kappa shape index (κ3) is 5.74. The predicted octanol–water partition coefficient (Wildman–Crippen LogP) is 2.88. The van der Waals surface area contributed by atoms with Crippen molar-refractivity contribution >= 4 is 11.8 Å². The van der Waals surface area contributed by atoms with Crippen molar-refractivity contribution in [2.24, 2.45) is 0 Å². The van der Waals surface area contributed by atoms with E-state index in [2.05, 4.69) is 23.8 Å². The largest absolute Gasteiger partial charge is 0.493 e. The molecule has 6 nitrogen and oxygen atoms in total. The number of carbonyl (C=O) groups is 2. The lowest BCUT2D eigenvalue weighted by atomic mass is 10.1. The van der Waals surface area contributed by atoms with Gasteiger partial charge in [0, 0.05) is 0 Å². The van der Waals surface area contributed by atoms with Gasteiger partial charge < -0.3 is 20.1 Å². The molecule has 2 aromatic rings. The maximum atomic E-state index is 11.7. The van der Waals surface area contributed by atoms with Crippen molar-refractivity contribution in [1.29, 1.82) is 0 Å². The highest BCUT2D eigenvalue weighted by atomic mass is 16.5. The number of hydrogen-bond donors (Lipinski definition) is 2. The number of methoxy groups -OCH3 is 1. The van der Waals surface area contributed by atoms with Gasteiger partial charge in [-0.2, -0.15) is 0 Å². The van der Waals surface area contributed by atoms with E-state index in [9.17, 15) is 9.59 Å². The molecule has 2 rings (SSSR count). The minimum atomic E-state index is -0.766. The summed E-state index contributed by atoms with van der Waals surface area (Å²) in [4.78, 5) is 23.4. The Balaban J connectivity index is 2.21. The maximum absolute atomic E-state index is 11.7. The van der Waals surface area contributed by atoms with Crippen molar-refractivity contribution in [2.45, 2.75) is 12.8 Å². The normalized spacial score (nSPS) is 10.0. The quantitative estimate of drug-likeness (QED) is 0.528. The predicted molar refractivity (Wildman–Crippen MR) is 103 cm³/mol. The molecule has 0 aliphatic rings. The summed E-state index contributed by atoms with van der Waals surface area (Å²) >= 11 is 0. The summed E-state index contributed by atoms with van der Waals surface area (Å²) < 4.78 is 11.2. The van der Waals surface area contributed by atoms with E-state index in [0.29, 0.717) is 23.7 Å². The number of carbonyl (C=O) groups excluding carboxylic acids is 2. The first kappa shape index (κ1) is 19.8. The molecular formula is C21H22N2O4. The molecule has 0 aliphatic heterocycles. The minimum Gasteiger partial charge on any atom is -0.493 e. The van der Waals surface area contributed by atoms with E-state index in [0.717, 1.165) is 17.7 Å². The van der Waals surface area contributed by atoms with Gasteiger partial charge in [0.05, 0.1) is 7.11 Å². The molecule has 0 fully saturated rings. The van der Waals surface area contributed by atoms with Gasteiger partial charge in [-0.15, -0.1) is 0 Å². The molecule has 6 heteroatoms. The second-order valence-corrected chi connectivity index (χ2v) is 5.54. The zero-order valence-electron chi connectivity index (χ0n) is 15.1. The van der Waals surface area contributed by atoms with Crippen LogP contribution < -0.4 is 20.1 Å². The molecule has 0 bridgehead atoms. The lowest BCUT2D eigenvalue weighted by molar-refractivity contribution is -0.119. The van der Waals surface area contributed by atoms with Crippen molar-refractivity contribution < 1.29 is 19.1 Å². The molecule has 2 aromatic carbocycles. The Labute approximate surface area is 158 Å². The Morgan fingerprint density at radius 3 is 2.19 bits per heavy atom. The molecule has 0 heterocycles. The van der Waals surface area contributed by atoms with Crippen LogP contribution in [0.4, 0.5) is 0 Å². The van der Waals surface area contributed by atoms with Crippen LogP contribution in [0, 0.1) is 0 Å². The van der Waals surface area contributed by atoms with Crippen molar-refractivity contribution in [3.63, 3.8) is 0 Å². The van der Waals surface area contributed by atoms with Gasteiger partial charge in [0.2, 0.25) is 11.8 Å². The second-order valence-electron chi connectivity index (χ2n) is 5.54. The Bertz CT molecular complexity index is 796. The molecule has 2 amide bonds. The van der Waals surface area contributed by atoms with E-state index < -0.39 is 18.0 Å². The van der Waals surface area contributed by atoms with Crippen molar-refractivity contribution in [2.75, 3.05) is 7.11 Å². The van der Waals surface area contributed by atoms with Crippen molar-refractivity contribution in [3.05, 3.63) is 85.0 Å². The van der Waals surface area contributed by atoms with Crippen LogP contribution >= 0.6 is 0 Å². The summed E-state index contributed by atoms with van der Waals surface area (Å²) in [6, 6.07) is 14.9. The fourth-order valence-corrected chi connectivity index (χ4v) is 2.32. The van der Waals surface area contributed by atoms with Crippen LogP contribution in [0.1, 0.15) is 17.3 Å². The van der Waals surface area contributed by atoms with Crippen molar-refractivity contribution in [1.82, 2.24) is 10.6 Å². The fourth-order valence-electron chi connectivity index (χ4n) is 2.32. The Morgan fingerprint density at radius 1 is 1.00 bits per heavy atom. The molecule has 140 valence electrons. The van der Waals surface area contributed by atoms with Gasteiger partial charge in [0.25, 0.3) is 0 Å². The number of rotatable bonds is 9. The number of ether oxygens (including phenoxy) is 2. The molecule has 0 atom stereocenters. The summed E-state index contributed by atoms with van der Waals surface area (Å²) in [5, 5.41) is 5.29. The van der Waals surface area contributed by atoms with E-state index in [1.807, 2.05) is 30.3 Å². The van der Waals surface area contributed by atoms with Gasteiger partial charge >= 0.3 is 0 Å². The fraction of sp³-hybridized carbons (Fsp3) is 0.143. The third-order valence-electron chi connectivity index (χ3n) is 3.70. The number of nitrogens with one attached hydrogen (secondary N) is 2. The molecule has 27 heavy (non-hydrogen) atoms. The van der Waals surface area contributed by atoms with Crippen LogP contribution in [0.2, 0.25) is 0 Å². The zero-order chi connectivity index (χ0) is 19.6. The van der Waals surface area contributed by atoms with E-state index in [1.54, 1.807) is 18.2 Å². The van der Waals surface area contributed by atoms with Gasteiger partial charge in [-0.25, -0.2) is 0 Å². The smallest absolute Gasteiger partial charge is 0.245 e. The minimum absolute atomic E-state index is 0.389.